The van der Waals surface area contributed by atoms with Crippen molar-refractivity contribution in [1.82, 2.24) is 14.5 Å². The maximum Gasteiger partial charge on any atom is 0.265 e. The van der Waals surface area contributed by atoms with E-state index in [0.29, 0.717) is 11.3 Å². The summed E-state index contributed by atoms with van der Waals surface area (Å²) in [5, 5.41) is 0.289. The summed E-state index contributed by atoms with van der Waals surface area (Å²) in [6, 6.07) is 0.335. The van der Waals surface area contributed by atoms with Gasteiger partial charge in [-0.15, -0.1) is 0 Å². The van der Waals surface area contributed by atoms with Gasteiger partial charge in [0.25, 0.3) is 11.5 Å². The molecular formula is C16H21N3O3. The number of aryl methyl sites for hydroxylation is 2. The molecule has 2 aromatic rings. The predicted octanol–water partition coefficient (Wildman–Crippen LogP) is 2.24. The van der Waals surface area contributed by atoms with Crippen LogP contribution in [0.4, 0.5) is 0 Å². The van der Waals surface area contributed by atoms with Gasteiger partial charge in [0.2, 0.25) is 5.71 Å². The molecular weight excluding hydrogens is 282 g/mol. The normalized spacial score (nSPS) is 22.3. The first-order valence-corrected chi connectivity index (χ1v) is 7.69. The van der Waals surface area contributed by atoms with Crippen LogP contribution in [0.3, 0.4) is 0 Å². The van der Waals surface area contributed by atoms with E-state index in [-0.39, 0.29) is 34.6 Å². The van der Waals surface area contributed by atoms with Crippen molar-refractivity contribution in [2.24, 2.45) is 7.05 Å². The summed E-state index contributed by atoms with van der Waals surface area (Å²) < 4.78 is 6.92. The van der Waals surface area contributed by atoms with Crippen molar-refractivity contribution >= 4 is 17.0 Å². The summed E-state index contributed by atoms with van der Waals surface area (Å²) >= 11 is 0. The lowest BCUT2D eigenvalue weighted by Crippen LogP contribution is -2.47. The third-order valence-corrected chi connectivity index (χ3v) is 4.59. The maximum absolute atomic E-state index is 13.1. The highest BCUT2D eigenvalue weighted by Crippen LogP contribution is 2.28. The molecule has 6 heteroatoms. The van der Waals surface area contributed by atoms with Crippen LogP contribution in [0.25, 0.3) is 11.1 Å². The second-order valence-corrected chi connectivity index (χ2v) is 6.22. The summed E-state index contributed by atoms with van der Waals surface area (Å²) in [6.45, 7) is 5.83. The fourth-order valence-corrected chi connectivity index (χ4v) is 3.40. The maximum atomic E-state index is 13.1. The fourth-order valence-electron chi connectivity index (χ4n) is 3.40. The number of furan rings is 1. The molecule has 0 bridgehead atoms. The van der Waals surface area contributed by atoms with E-state index in [1.54, 1.807) is 14.0 Å². The number of rotatable bonds is 1. The number of carbonyl (C=O) groups excluding carboxylic acids is 1. The number of nitrogens with zero attached hydrogens (tertiary/aromatic N) is 3. The first kappa shape index (κ1) is 14.8. The van der Waals surface area contributed by atoms with Crippen LogP contribution in [-0.4, -0.2) is 32.4 Å². The van der Waals surface area contributed by atoms with E-state index < -0.39 is 0 Å². The molecule has 1 fully saturated rings. The fraction of sp³-hybridized carbons (Fsp3) is 0.562. The Kier molecular flexibility index (Phi) is 3.54. The molecule has 0 aliphatic carbocycles. The van der Waals surface area contributed by atoms with Gasteiger partial charge in [0.15, 0.2) is 0 Å². The molecule has 0 radical (unpaired) electrons. The van der Waals surface area contributed by atoms with Crippen molar-refractivity contribution in [2.45, 2.75) is 52.1 Å². The van der Waals surface area contributed by atoms with Crippen molar-refractivity contribution in [3.8, 4) is 0 Å². The van der Waals surface area contributed by atoms with E-state index in [4.69, 9.17) is 4.42 Å². The third kappa shape index (κ3) is 2.14. The molecule has 1 amide bonds. The number of aromatic nitrogens is 2. The standard InChI is InChI=1S/C16H21N3O3/c1-9-6-5-7-10(2)19(9)16(21)12-11(3)22-14-13(12)15(20)18(4)8-17-14/h8-10H,5-7H2,1-4H3/t9-,10-/m0/s1. The molecule has 0 spiro atoms. The quantitative estimate of drug-likeness (QED) is 0.810. The molecule has 0 unspecified atom stereocenters. The monoisotopic (exact) mass is 303 g/mol. The van der Waals surface area contributed by atoms with Gasteiger partial charge in [-0.1, -0.05) is 0 Å². The van der Waals surface area contributed by atoms with E-state index in [1.807, 2.05) is 4.90 Å². The molecule has 1 saturated heterocycles. The number of amides is 1. The zero-order chi connectivity index (χ0) is 16.0. The van der Waals surface area contributed by atoms with Gasteiger partial charge in [-0.3, -0.25) is 9.59 Å². The van der Waals surface area contributed by atoms with E-state index >= 15 is 0 Å². The molecule has 2 aromatic heterocycles. The Hall–Kier alpha value is -2.11. The molecule has 2 atom stereocenters. The average molecular weight is 303 g/mol. The van der Waals surface area contributed by atoms with Gasteiger partial charge in [-0.05, 0) is 40.0 Å². The number of hydrogen-bond donors (Lipinski definition) is 0. The summed E-state index contributed by atoms with van der Waals surface area (Å²) in [7, 11) is 1.62. The van der Waals surface area contributed by atoms with Gasteiger partial charge in [-0.2, -0.15) is 0 Å². The Labute approximate surface area is 128 Å². The minimum Gasteiger partial charge on any atom is -0.442 e. The molecule has 1 aliphatic heterocycles. The van der Waals surface area contributed by atoms with Gasteiger partial charge in [0.1, 0.15) is 17.5 Å². The number of fused-ring (bicyclic) bond motifs is 1. The lowest BCUT2D eigenvalue weighted by atomic mass is 9.96. The Balaban J connectivity index is 2.17. The number of piperidine rings is 1. The van der Waals surface area contributed by atoms with Gasteiger partial charge in [0.05, 0.1) is 5.56 Å². The third-order valence-electron chi connectivity index (χ3n) is 4.59. The van der Waals surface area contributed by atoms with Crippen LogP contribution in [0.2, 0.25) is 0 Å². The number of likely N-dealkylation sites (tertiary alicyclic amines) is 1. The minimum atomic E-state index is -0.248. The van der Waals surface area contributed by atoms with Crippen molar-refractivity contribution in [3.63, 3.8) is 0 Å². The first-order chi connectivity index (χ1) is 10.4. The Bertz CT molecular complexity index is 780. The highest BCUT2D eigenvalue weighted by Gasteiger charge is 2.33. The van der Waals surface area contributed by atoms with Crippen LogP contribution in [0.15, 0.2) is 15.5 Å². The molecule has 1 aliphatic rings. The molecule has 0 saturated carbocycles. The molecule has 22 heavy (non-hydrogen) atoms. The molecule has 0 N–H and O–H groups in total. The topological polar surface area (TPSA) is 68.3 Å². The van der Waals surface area contributed by atoms with E-state index in [0.717, 1.165) is 19.3 Å². The predicted molar refractivity (Wildman–Crippen MR) is 82.9 cm³/mol. The minimum absolute atomic E-state index is 0.124. The molecule has 3 heterocycles. The lowest BCUT2D eigenvalue weighted by molar-refractivity contribution is 0.0510. The summed E-state index contributed by atoms with van der Waals surface area (Å²) in [4.78, 5) is 31.5. The largest absolute Gasteiger partial charge is 0.442 e. The van der Waals surface area contributed by atoms with Crippen LogP contribution in [0, 0.1) is 6.92 Å². The van der Waals surface area contributed by atoms with Crippen LogP contribution >= 0.6 is 0 Å². The van der Waals surface area contributed by atoms with Crippen molar-refractivity contribution < 1.29 is 9.21 Å². The van der Waals surface area contributed by atoms with E-state index in [9.17, 15) is 9.59 Å². The molecule has 0 aromatic carbocycles. The van der Waals surface area contributed by atoms with Gasteiger partial charge >= 0.3 is 0 Å². The van der Waals surface area contributed by atoms with Gasteiger partial charge in [0, 0.05) is 19.1 Å². The highest BCUT2D eigenvalue weighted by molar-refractivity contribution is 6.06. The SMILES string of the molecule is Cc1oc2ncn(C)c(=O)c2c1C(=O)N1[C@@H](C)CCC[C@@H]1C. The Morgan fingerprint density at radius 1 is 1.32 bits per heavy atom. The summed E-state index contributed by atoms with van der Waals surface area (Å²) in [5.41, 5.74) is 0.355. The molecule has 118 valence electrons. The number of carbonyl (C=O) groups is 1. The summed E-state index contributed by atoms with van der Waals surface area (Å²) in [5.74, 6) is 0.335. The van der Waals surface area contributed by atoms with Crippen LogP contribution in [0.1, 0.15) is 49.2 Å². The first-order valence-electron chi connectivity index (χ1n) is 7.69. The molecule has 3 rings (SSSR count). The zero-order valence-electron chi connectivity index (χ0n) is 13.4. The molecule has 6 nitrogen and oxygen atoms in total. The van der Waals surface area contributed by atoms with Crippen molar-refractivity contribution in [3.05, 3.63) is 28.0 Å². The van der Waals surface area contributed by atoms with E-state index in [1.165, 1.54) is 10.9 Å². The van der Waals surface area contributed by atoms with Crippen LogP contribution in [0.5, 0.6) is 0 Å². The lowest BCUT2D eigenvalue weighted by Gasteiger charge is -2.39. The van der Waals surface area contributed by atoms with Crippen LogP contribution in [-0.2, 0) is 7.05 Å². The number of hydrogen-bond acceptors (Lipinski definition) is 4. The average Bonchev–Trinajstić information content (AvgIpc) is 2.79. The van der Waals surface area contributed by atoms with Gasteiger partial charge < -0.3 is 13.9 Å². The Morgan fingerprint density at radius 2 is 1.95 bits per heavy atom. The summed E-state index contributed by atoms with van der Waals surface area (Å²) in [6.07, 6.45) is 4.51. The highest BCUT2D eigenvalue weighted by atomic mass is 16.3. The van der Waals surface area contributed by atoms with E-state index in [2.05, 4.69) is 18.8 Å². The van der Waals surface area contributed by atoms with Crippen molar-refractivity contribution in [2.75, 3.05) is 0 Å². The van der Waals surface area contributed by atoms with Crippen molar-refractivity contribution in [1.29, 1.82) is 0 Å². The second kappa shape index (κ2) is 5.26. The smallest absolute Gasteiger partial charge is 0.265 e. The zero-order valence-corrected chi connectivity index (χ0v) is 13.4. The Morgan fingerprint density at radius 3 is 2.59 bits per heavy atom. The van der Waals surface area contributed by atoms with Crippen LogP contribution < -0.4 is 5.56 Å². The van der Waals surface area contributed by atoms with Gasteiger partial charge in [-0.25, -0.2) is 4.98 Å². The second-order valence-electron chi connectivity index (χ2n) is 6.22.